The number of thiophene rings is 1. The van der Waals surface area contributed by atoms with E-state index in [4.69, 9.17) is 17.3 Å². The van der Waals surface area contributed by atoms with Gasteiger partial charge in [-0.05, 0) is 17.7 Å². The molecule has 1 aromatic carbocycles. The summed E-state index contributed by atoms with van der Waals surface area (Å²) in [4.78, 5) is 5.54. The zero-order valence-electron chi connectivity index (χ0n) is 9.56. The number of halogens is 1. The SMILES string of the molecule is Nc1cc(Cl)nc2cc(Cc3ccccc3)sc12. The average molecular weight is 275 g/mol. The number of nitrogens with zero attached hydrogens (tertiary/aromatic N) is 1. The second kappa shape index (κ2) is 4.59. The van der Waals surface area contributed by atoms with E-state index in [1.54, 1.807) is 17.4 Å². The summed E-state index contributed by atoms with van der Waals surface area (Å²) in [6.45, 7) is 0. The van der Waals surface area contributed by atoms with Gasteiger partial charge >= 0.3 is 0 Å². The van der Waals surface area contributed by atoms with Crippen molar-refractivity contribution in [1.82, 2.24) is 4.98 Å². The van der Waals surface area contributed by atoms with E-state index in [9.17, 15) is 0 Å². The number of aromatic nitrogens is 1. The van der Waals surface area contributed by atoms with Crippen LogP contribution in [0, 0.1) is 0 Å². The largest absolute Gasteiger partial charge is 0.397 e. The van der Waals surface area contributed by atoms with E-state index in [1.807, 2.05) is 18.2 Å². The number of benzene rings is 1. The van der Waals surface area contributed by atoms with Gasteiger partial charge in [-0.1, -0.05) is 41.9 Å². The first-order valence-electron chi connectivity index (χ1n) is 5.61. The fraction of sp³-hybridized carbons (Fsp3) is 0.0714. The Morgan fingerprint density at radius 3 is 2.72 bits per heavy atom. The number of hydrogen-bond donors (Lipinski definition) is 1. The third-order valence-corrected chi connectivity index (χ3v) is 4.12. The van der Waals surface area contributed by atoms with Crippen LogP contribution in [0.4, 0.5) is 5.69 Å². The van der Waals surface area contributed by atoms with Crippen LogP contribution in [0.3, 0.4) is 0 Å². The summed E-state index contributed by atoms with van der Waals surface area (Å²) in [5.41, 5.74) is 8.82. The van der Waals surface area contributed by atoms with E-state index in [0.717, 1.165) is 16.6 Å². The Hall–Kier alpha value is -1.58. The molecule has 0 fully saturated rings. The second-order valence-electron chi connectivity index (χ2n) is 4.12. The van der Waals surface area contributed by atoms with Crippen molar-refractivity contribution in [3.63, 3.8) is 0 Å². The van der Waals surface area contributed by atoms with Crippen LogP contribution in [0.2, 0.25) is 5.15 Å². The number of pyridine rings is 1. The van der Waals surface area contributed by atoms with Crippen molar-refractivity contribution in [2.24, 2.45) is 0 Å². The van der Waals surface area contributed by atoms with Crippen LogP contribution in [-0.2, 0) is 6.42 Å². The highest BCUT2D eigenvalue weighted by atomic mass is 35.5. The molecule has 0 bridgehead atoms. The van der Waals surface area contributed by atoms with Gasteiger partial charge < -0.3 is 5.73 Å². The summed E-state index contributed by atoms with van der Waals surface area (Å²) in [6.07, 6.45) is 0.902. The fourth-order valence-electron chi connectivity index (χ4n) is 1.95. The maximum atomic E-state index is 5.95. The first-order chi connectivity index (χ1) is 8.72. The molecule has 18 heavy (non-hydrogen) atoms. The molecule has 0 aliphatic carbocycles. The third kappa shape index (κ3) is 2.19. The predicted octanol–water partition coefficient (Wildman–Crippen LogP) is 4.12. The van der Waals surface area contributed by atoms with Gasteiger partial charge in [0.1, 0.15) is 5.15 Å². The number of hydrogen-bond acceptors (Lipinski definition) is 3. The second-order valence-corrected chi connectivity index (χ2v) is 5.65. The Labute approximate surface area is 114 Å². The maximum absolute atomic E-state index is 5.95. The Morgan fingerprint density at radius 1 is 1.17 bits per heavy atom. The van der Waals surface area contributed by atoms with Gasteiger partial charge in [0.2, 0.25) is 0 Å². The van der Waals surface area contributed by atoms with Gasteiger partial charge in [0.25, 0.3) is 0 Å². The number of nitrogens with two attached hydrogens (primary N) is 1. The average Bonchev–Trinajstić information content (AvgIpc) is 2.73. The highest BCUT2D eigenvalue weighted by molar-refractivity contribution is 7.19. The smallest absolute Gasteiger partial charge is 0.131 e. The molecule has 90 valence electrons. The molecule has 0 amide bonds. The van der Waals surface area contributed by atoms with Crippen molar-refractivity contribution in [3.05, 3.63) is 58.1 Å². The minimum absolute atomic E-state index is 0.448. The predicted molar refractivity (Wildman–Crippen MR) is 78.3 cm³/mol. The summed E-state index contributed by atoms with van der Waals surface area (Å²) in [7, 11) is 0. The third-order valence-electron chi connectivity index (χ3n) is 2.75. The van der Waals surface area contributed by atoms with E-state index in [0.29, 0.717) is 10.8 Å². The Bertz CT molecular complexity index is 692. The summed E-state index contributed by atoms with van der Waals surface area (Å²) in [5, 5.41) is 0.448. The Balaban J connectivity index is 2.01. The normalized spacial score (nSPS) is 10.9. The molecule has 0 aliphatic rings. The van der Waals surface area contributed by atoms with Crippen LogP contribution in [-0.4, -0.2) is 4.98 Å². The minimum atomic E-state index is 0.448. The van der Waals surface area contributed by atoms with E-state index in [-0.39, 0.29) is 0 Å². The Morgan fingerprint density at radius 2 is 1.94 bits per heavy atom. The fourth-order valence-corrected chi connectivity index (χ4v) is 3.21. The molecule has 0 spiro atoms. The number of rotatable bonds is 2. The Kier molecular flexibility index (Phi) is 2.94. The van der Waals surface area contributed by atoms with Crippen LogP contribution in [0.5, 0.6) is 0 Å². The summed E-state index contributed by atoms with van der Waals surface area (Å²) < 4.78 is 1.02. The minimum Gasteiger partial charge on any atom is -0.397 e. The van der Waals surface area contributed by atoms with Crippen LogP contribution in [0.25, 0.3) is 10.2 Å². The molecule has 0 aliphatic heterocycles. The van der Waals surface area contributed by atoms with Gasteiger partial charge in [-0.3, -0.25) is 0 Å². The standard InChI is InChI=1S/C14H11ClN2S/c15-13-8-11(16)14-12(17-13)7-10(18-14)6-9-4-2-1-3-5-9/h1-5,7-8H,6H2,(H2,16,17). The van der Waals surface area contributed by atoms with Crippen molar-refractivity contribution in [1.29, 1.82) is 0 Å². The van der Waals surface area contributed by atoms with Crippen LogP contribution in [0.15, 0.2) is 42.5 Å². The van der Waals surface area contributed by atoms with Gasteiger partial charge in [0.05, 0.1) is 15.9 Å². The molecule has 0 saturated heterocycles. The van der Waals surface area contributed by atoms with Crippen molar-refractivity contribution in [3.8, 4) is 0 Å². The summed E-state index contributed by atoms with van der Waals surface area (Å²) in [5.74, 6) is 0. The summed E-state index contributed by atoms with van der Waals surface area (Å²) >= 11 is 7.59. The first-order valence-corrected chi connectivity index (χ1v) is 6.80. The summed E-state index contributed by atoms with van der Waals surface area (Å²) in [6, 6.07) is 14.1. The molecule has 3 aromatic rings. The lowest BCUT2D eigenvalue weighted by Crippen LogP contribution is -1.85. The van der Waals surface area contributed by atoms with Crippen LogP contribution in [0.1, 0.15) is 10.4 Å². The molecule has 0 saturated carbocycles. The van der Waals surface area contributed by atoms with Crippen molar-refractivity contribution >= 4 is 38.8 Å². The number of nitrogen functional groups attached to an aromatic ring is 1. The van der Waals surface area contributed by atoms with E-state index in [2.05, 4.69) is 23.2 Å². The van der Waals surface area contributed by atoms with Crippen molar-refractivity contribution < 1.29 is 0 Å². The monoisotopic (exact) mass is 274 g/mol. The van der Waals surface area contributed by atoms with Gasteiger partial charge in [-0.15, -0.1) is 11.3 Å². The zero-order valence-corrected chi connectivity index (χ0v) is 11.1. The van der Waals surface area contributed by atoms with Gasteiger partial charge in [-0.2, -0.15) is 0 Å². The molecule has 4 heteroatoms. The highest BCUT2D eigenvalue weighted by Gasteiger charge is 2.08. The molecule has 2 nitrogen and oxygen atoms in total. The van der Waals surface area contributed by atoms with Crippen molar-refractivity contribution in [2.45, 2.75) is 6.42 Å². The quantitative estimate of drug-likeness (QED) is 0.714. The lowest BCUT2D eigenvalue weighted by Gasteiger charge is -1.96. The zero-order chi connectivity index (χ0) is 12.5. The lowest BCUT2D eigenvalue weighted by atomic mass is 10.1. The van der Waals surface area contributed by atoms with E-state index >= 15 is 0 Å². The van der Waals surface area contributed by atoms with E-state index < -0.39 is 0 Å². The molecular formula is C14H11ClN2S. The van der Waals surface area contributed by atoms with Gasteiger partial charge in [-0.25, -0.2) is 4.98 Å². The number of fused-ring (bicyclic) bond motifs is 1. The van der Waals surface area contributed by atoms with Gasteiger partial charge in [0.15, 0.2) is 0 Å². The molecular weight excluding hydrogens is 264 g/mol. The first kappa shape index (κ1) is 11.5. The van der Waals surface area contributed by atoms with Crippen molar-refractivity contribution in [2.75, 3.05) is 5.73 Å². The molecule has 2 N–H and O–H groups in total. The lowest BCUT2D eigenvalue weighted by molar-refractivity contribution is 1.24. The molecule has 0 radical (unpaired) electrons. The van der Waals surface area contributed by atoms with Gasteiger partial charge in [0, 0.05) is 11.3 Å². The molecule has 2 aromatic heterocycles. The highest BCUT2D eigenvalue weighted by Crippen LogP contribution is 2.32. The maximum Gasteiger partial charge on any atom is 0.131 e. The molecule has 3 rings (SSSR count). The molecule has 2 heterocycles. The number of anilines is 1. The van der Waals surface area contributed by atoms with Crippen LogP contribution >= 0.6 is 22.9 Å². The van der Waals surface area contributed by atoms with Crippen LogP contribution < -0.4 is 5.73 Å². The molecule has 0 atom stereocenters. The van der Waals surface area contributed by atoms with E-state index in [1.165, 1.54) is 10.4 Å². The molecule has 0 unspecified atom stereocenters. The topological polar surface area (TPSA) is 38.9 Å².